The molecule has 4 heterocycles. The molecule has 0 spiro atoms. The van der Waals surface area contributed by atoms with Gasteiger partial charge in [-0.1, -0.05) is 54.1 Å². The Morgan fingerprint density at radius 3 is 2.03 bits per heavy atom. The summed E-state index contributed by atoms with van der Waals surface area (Å²) in [4.78, 5) is 11.3. The van der Waals surface area contributed by atoms with Crippen molar-refractivity contribution in [3.05, 3.63) is 128 Å². The smallest absolute Gasteiger partial charge is 0.285 e. The number of nitrogens with zero attached hydrogens (tertiary/aromatic N) is 4. The molecule has 0 bridgehead atoms. The number of hydrogen-bond acceptors (Lipinski definition) is 4. The van der Waals surface area contributed by atoms with Crippen molar-refractivity contribution >= 4 is 34.8 Å². The van der Waals surface area contributed by atoms with Crippen molar-refractivity contribution < 1.29 is 21.1 Å². The third kappa shape index (κ3) is 3.68. The van der Waals surface area contributed by atoms with Crippen LogP contribution in [0.25, 0.3) is 33.5 Å². The van der Waals surface area contributed by atoms with Gasteiger partial charge in [-0.05, 0) is 48.9 Å². The monoisotopic (exact) mass is 680 g/mol. The van der Waals surface area contributed by atoms with Crippen molar-refractivity contribution in [3.63, 3.8) is 0 Å². The van der Waals surface area contributed by atoms with Gasteiger partial charge in [-0.3, -0.25) is 0 Å². The van der Waals surface area contributed by atoms with E-state index in [9.17, 15) is 0 Å². The molecule has 0 aliphatic carbocycles. The van der Waals surface area contributed by atoms with E-state index in [1.54, 1.807) is 0 Å². The van der Waals surface area contributed by atoms with Gasteiger partial charge in [0, 0.05) is 38.6 Å². The van der Waals surface area contributed by atoms with Gasteiger partial charge in [0.25, 0.3) is 6.85 Å². The Labute approximate surface area is 243 Å². The standard InChI is InChI=1S/C33H22BN4.Pt/c1-36-18-19-37(22-36)24-14-16-26-28-9-3-5-12-33(28)38-32-11-4-2-8-27(32)25-15-13-23(31-10-6-7-17-35-31)20-29(25)34(38)30(26)21-24;/h2-19,22H,1H3;/q-3;. The summed E-state index contributed by atoms with van der Waals surface area (Å²) in [5.74, 6) is 0. The fraction of sp³-hybridized carbons (Fsp3) is 0.0303. The maximum atomic E-state index is 4.62. The van der Waals surface area contributed by atoms with E-state index in [4.69, 9.17) is 0 Å². The van der Waals surface area contributed by atoms with Crippen molar-refractivity contribution in [1.82, 2.24) is 9.88 Å². The maximum absolute atomic E-state index is 4.62. The Balaban J connectivity index is 0.00000253. The molecule has 0 saturated heterocycles. The Kier molecular flexibility index (Phi) is 5.71. The van der Waals surface area contributed by atoms with Crippen LogP contribution in [0, 0.1) is 18.8 Å². The second-order valence-electron chi connectivity index (χ2n) is 9.88. The van der Waals surface area contributed by atoms with Crippen LogP contribution in [-0.4, -0.2) is 23.8 Å². The van der Waals surface area contributed by atoms with E-state index in [0.717, 1.165) is 27.9 Å². The molecule has 0 atom stereocenters. The predicted octanol–water partition coefficient (Wildman–Crippen LogP) is 5.59. The molecule has 4 nitrogen and oxygen atoms in total. The number of hydrogen-bond donors (Lipinski definition) is 0. The van der Waals surface area contributed by atoms with Crippen LogP contribution in [-0.2, 0) is 21.1 Å². The maximum Gasteiger partial charge on any atom is 0.285 e. The number of benzene rings is 4. The molecule has 0 amide bonds. The van der Waals surface area contributed by atoms with E-state index in [-0.39, 0.29) is 27.9 Å². The molecular formula is C33H22BN4Pt-3. The van der Waals surface area contributed by atoms with Crippen LogP contribution in [0.5, 0.6) is 0 Å². The number of para-hydroxylation sites is 2. The molecule has 3 aliphatic heterocycles. The van der Waals surface area contributed by atoms with Crippen molar-refractivity contribution in [2.45, 2.75) is 0 Å². The van der Waals surface area contributed by atoms with Gasteiger partial charge in [-0.25, -0.2) is 0 Å². The third-order valence-electron chi connectivity index (χ3n) is 7.64. The minimum Gasteiger partial charge on any atom is -0.510 e. The quantitative estimate of drug-likeness (QED) is 0.179. The third-order valence-corrected chi connectivity index (χ3v) is 7.64. The van der Waals surface area contributed by atoms with Gasteiger partial charge in [0.15, 0.2) is 0 Å². The molecule has 5 aromatic rings. The van der Waals surface area contributed by atoms with E-state index < -0.39 is 0 Å². The molecule has 39 heavy (non-hydrogen) atoms. The van der Waals surface area contributed by atoms with Gasteiger partial charge >= 0.3 is 0 Å². The van der Waals surface area contributed by atoms with Gasteiger partial charge in [0.05, 0.1) is 0 Å². The zero-order valence-corrected chi connectivity index (χ0v) is 23.4. The summed E-state index contributed by atoms with van der Waals surface area (Å²) in [5, 5.41) is 0. The van der Waals surface area contributed by atoms with Gasteiger partial charge < -0.3 is 19.6 Å². The second-order valence-corrected chi connectivity index (χ2v) is 9.88. The van der Waals surface area contributed by atoms with E-state index in [2.05, 4.69) is 112 Å². The number of aromatic nitrogens is 1. The summed E-state index contributed by atoms with van der Waals surface area (Å²) in [6, 6.07) is 39.9. The molecule has 0 N–H and O–H groups in total. The van der Waals surface area contributed by atoms with Crippen LogP contribution in [0.4, 0.5) is 17.1 Å². The first kappa shape index (κ1) is 24.0. The number of anilines is 3. The van der Waals surface area contributed by atoms with Gasteiger partial charge in [-0.2, -0.15) is 24.3 Å². The number of rotatable bonds is 2. The van der Waals surface area contributed by atoms with Gasteiger partial charge in [0.1, 0.15) is 0 Å². The summed E-state index contributed by atoms with van der Waals surface area (Å²) in [5.41, 5.74) is 12.5. The average Bonchev–Trinajstić information content (AvgIpc) is 3.43. The Morgan fingerprint density at radius 2 is 1.36 bits per heavy atom. The van der Waals surface area contributed by atoms with Crippen LogP contribution in [0.2, 0.25) is 0 Å². The van der Waals surface area contributed by atoms with E-state index >= 15 is 0 Å². The van der Waals surface area contributed by atoms with Crippen LogP contribution >= 0.6 is 0 Å². The minimum atomic E-state index is -0.0716. The summed E-state index contributed by atoms with van der Waals surface area (Å²) in [6.07, 6.45) is 5.96. The molecule has 0 saturated carbocycles. The van der Waals surface area contributed by atoms with Crippen molar-refractivity contribution in [2.75, 3.05) is 16.8 Å². The van der Waals surface area contributed by atoms with Crippen LogP contribution in [0.1, 0.15) is 0 Å². The summed E-state index contributed by atoms with van der Waals surface area (Å²) in [6.45, 7) is 2.00. The fourth-order valence-electron chi connectivity index (χ4n) is 5.96. The van der Waals surface area contributed by atoms with Crippen LogP contribution < -0.4 is 20.6 Å². The van der Waals surface area contributed by atoms with E-state index in [1.807, 2.05) is 42.5 Å². The number of pyridine rings is 1. The van der Waals surface area contributed by atoms with Gasteiger partial charge in [-0.15, -0.1) is 52.1 Å². The Bertz CT molecular complexity index is 1750. The normalized spacial score (nSPS) is 14.2. The molecule has 6 heteroatoms. The molecule has 8 rings (SSSR count). The van der Waals surface area contributed by atoms with Crippen LogP contribution in [0.3, 0.4) is 0 Å². The summed E-state index contributed by atoms with van der Waals surface area (Å²) < 4.78 is 0. The molecule has 0 fully saturated rings. The first-order valence-corrected chi connectivity index (χ1v) is 12.8. The average molecular weight is 680 g/mol. The molecule has 0 radical (unpaired) electrons. The molecule has 3 aliphatic rings. The zero-order chi connectivity index (χ0) is 25.2. The first-order valence-electron chi connectivity index (χ1n) is 12.8. The largest absolute Gasteiger partial charge is 0.510 e. The molecule has 0 unspecified atom stereocenters. The van der Waals surface area contributed by atoms with E-state index in [1.165, 1.54) is 33.6 Å². The Hall–Kier alpha value is -4.08. The zero-order valence-electron chi connectivity index (χ0n) is 21.2. The molecule has 190 valence electrons. The summed E-state index contributed by atoms with van der Waals surface area (Å²) >= 11 is 0. The van der Waals surface area contributed by atoms with Gasteiger partial charge in [0.2, 0.25) is 0 Å². The minimum absolute atomic E-state index is 0. The van der Waals surface area contributed by atoms with Crippen molar-refractivity contribution in [2.24, 2.45) is 0 Å². The van der Waals surface area contributed by atoms with E-state index in [0.29, 0.717) is 0 Å². The van der Waals surface area contributed by atoms with Crippen molar-refractivity contribution in [3.8, 4) is 33.5 Å². The predicted molar refractivity (Wildman–Crippen MR) is 156 cm³/mol. The second kappa shape index (κ2) is 9.29. The van der Waals surface area contributed by atoms with Crippen molar-refractivity contribution in [1.29, 1.82) is 0 Å². The fourth-order valence-corrected chi connectivity index (χ4v) is 5.96. The number of fused-ring (bicyclic) bond motifs is 11. The SMILES string of the molecule is CN1C=CN(c2[c-]c3c(cc2)-c2ccccc2N2B3c3[c-]c(-c4ccccn4)ccc3-c3ccccc32)[CH-]1.[Pt]. The molecule has 1 aromatic heterocycles. The van der Waals surface area contributed by atoms with Crippen LogP contribution in [0.15, 0.2) is 110 Å². The summed E-state index contributed by atoms with van der Waals surface area (Å²) in [7, 11) is 2.04. The molecule has 4 aromatic carbocycles. The Morgan fingerprint density at radius 1 is 0.692 bits per heavy atom. The topological polar surface area (TPSA) is 22.6 Å². The molecular weight excluding hydrogens is 658 g/mol. The first-order chi connectivity index (χ1) is 18.8.